The van der Waals surface area contributed by atoms with Crippen LogP contribution < -0.4 is 0 Å². The van der Waals surface area contributed by atoms with Gasteiger partial charge in [0.15, 0.2) is 6.61 Å². The van der Waals surface area contributed by atoms with E-state index in [2.05, 4.69) is 16.9 Å². The zero-order chi connectivity index (χ0) is 6.53. The molecule has 4 heteroatoms. The molecule has 0 radical (unpaired) electrons. The molecule has 0 N–H and O–H groups in total. The largest absolute Gasteiger partial charge is 0.474 e. The van der Waals surface area contributed by atoms with Gasteiger partial charge in [0.05, 0.1) is 0 Å². The molecule has 0 aliphatic carbocycles. The van der Waals surface area contributed by atoms with Gasteiger partial charge in [-0.25, -0.2) is 0 Å². The average molecular weight is 128 g/mol. The first-order valence-corrected chi connectivity index (χ1v) is 2.67. The van der Waals surface area contributed by atoms with E-state index in [9.17, 15) is 0 Å². The Morgan fingerprint density at radius 3 is 3.11 bits per heavy atom. The highest BCUT2D eigenvalue weighted by Crippen LogP contribution is 1.92. The van der Waals surface area contributed by atoms with Crippen LogP contribution in [0.2, 0.25) is 0 Å². The monoisotopic (exact) mass is 128 g/mol. The second-order valence-corrected chi connectivity index (χ2v) is 1.55. The first-order valence-electron chi connectivity index (χ1n) is 2.67. The van der Waals surface area contributed by atoms with Gasteiger partial charge in [0.25, 0.3) is 0 Å². The minimum Gasteiger partial charge on any atom is -0.474 e. The zero-order valence-corrected chi connectivity index (χ0v) is 5.04. The molecular formula is C5H8N2O2. The van der Waals surface area contributed by atoms with Crippen molar-refractivity contribution in [1.82, 2.24) is 0 Å². The van der Waals surface area contributed by atoms with Crippen LogP contribution in [-0.4, -0.2) is 32.4 Å². The summed E-state index contributed by atoms with van der Waals surface area (Å²) in [6.07, 6.45) is 0. The molecule has 0 amide bonds. The molecule has 0 aromatic rings. The highest BCUT2D eigenvalue weighted by molar-refractivity contribution is 5.78. The fraction of sp³-hybridized carbons (Fsp3) is 0.600. The van der Waals surface area contributed by atoms with E-state index >= 15 is 0 Å². The van der Waals surface area contributed by atoms with Gasteiger partial charge in [-0.15, -0.1) is 0 Å². The van der Waals surface area contributed by atoms with Gasteiger partial charge in [0.1, 0.15) is 13.2 Å². The zero-order valence-electron chi connectivity index (χ0n) is 5.04. The van der Waals surface area contributed by atoms with E-state index in [0.29, 0.717) is 25.7 Å². The van der Waals surface area contributed by atoms with Gasteiger partial charge < -0.3 is 9.57 Å². The number of nitrogens with zero attached hydrogens (tertiary/aromatic N) is 2. The minimum absolute atomic E-state index is 0.403. The van der Waals surface area contributed by atoms with Crippen LogP contribution in [0.3, 0.4) is 0 Å². The summed E-state index contributed by atoms with van der Waals surface area (Å²) in [5, 5.41) is 3.58. The molecule has 4 nitrogen and oxygen atoms in total. The smallest absolute Gasteiger partial charge is 0.247 e. The number of oxime groups is 1. The fourth-order valence-corrected chi connectivity index (χ4v) is 0.511. The summed E-state index contributed by atoms with van der Waals surface area (Å²) in [5.41, 5.74) is 0. The highest BCUT2D eigenvalue weighted by atomic mass is 16.7. The van der Waals surface area contributed by atoms with Crippen LogP contribution in [0.15, 0.2) is 10.1 Å². The predicted molar refractivity (Wildman–Crippen MR) is 33.8 cm³/mol. The number of ether oxygens (including phenoxy) is 1. The molecule has 0 saturated carbocycles. The van der Waals surface area contributed by atoms with Crippen LogP contribution in [0, 0.1) is 0 Å². The molecule has 0 unspecified atom stereocenters. The molecule has 1 aliphatic rings. The Kier molecular flexibility index (Phi) is 2.06. The Morgan fingerprint density at radius 2 is 2.56 bits per heavy atom. The Morgan fingerprint density at radius 1 is 1.67 bits per heavy atom. The maximum absolute atomic E-state index is 5.01. The topological polar surface area (TPSA) is 43.2 Å². The van der Waals surface area contributed by atoms with E-state index in [1.165, 1.54) is 0 Å². The Balaban J connectivity index is 2.36. The van der Waals surface area contributed by atoms with E-state index in [4.69, 9.17) is 9.57 Å². The Labute approximate surface area is 53.2 Å². The van der Waals surface area contributed by atoms with Gasteiger partial charge in [0, 0.05) is 0 Å². The molecule has 1 heterocycles. The van der Waals surface area contributed by atoms with Crippen molar-refractivity contribution in [1.29, 1.82) is 0 Å². The van der Waals surface area contributed by atoms with Gasteiger partial charge in [-0.2, -0.15) is 0 Å². The molecule has 9 heavy (non-hydrogen) atoms. The first-order chi connectivity index (χ1) is 4.43. The summed E-state index contributed by atoms with van der Waals surface area (Å²) in [6.45, 7) is 4.78. The molecule has 0 bridgehead atoms. The molecule has 0 spiro atoms. The number of aliphatic imine (C=N–C) groups is 1. The molecule has 0 aromatic heterocycles. The summed E-state index contributed by atoms with van der Waals surface area (Å²) in [7, 11) is 0. The van der Waals surface area contributed by atoms with Gasteiger partial charge in [0.2, 0.25) is 5.90 Å². The second kappa shape index (κ2) is 3.06. The molecule has 0 aromatic carbocycles. The third kappa shape index (κ3) is 1.71. The maximum Gasteiger partial charge on any atom is 0.247 e. The molecule has 50 valence electrons. The number of hydrogen-bond donors (Lipinski definition) is 0. The lowest BCUT2D eigenvalue weighted by molar-refractivity contribution is 0.0631. The summed E-state index contributed by atoms with van der Waals surface area (Å²) < 4.78 is 5.01. The molecular weight excluding hydrogens is 120 g/mol. The first kappa shape index (κ1) is 6.07. The van der Waals surface area contributed by atoms with Crippen molar-refractivity contribution >= 4 is 12.6 Å². The second-order valence-electron chi connectivity index (χ2n) is 1.55. The standard InChI is InChI=1S/C5H8N2O2/c1-6-4-5-7-9-3-2-8-5/h1-4H2. The fourth-order valence-electron chi connectivity index (χ4n) is 0.511. The Hall–Kier alpha value is -1.06. The predicted octanol–water partition coefficient (Wildman–Crippen LogP) is 0.0473. The van der Waals surface area contributed by atoms with E-state index in [1.807, 2.05) is 0 Å². The minimum atomic E-state index is 0.403. The Bertz CT molecular complexity index is 133. The summed E-state index contributed by atoms with van der Waals surface area (Å²) >= 11 is 0. The van der Waals surface area contributed by atoms with Crippen LogP contribution in [0.25, 0.3) is 0 Å². The third-order valence-electron chi connectivity index (χ3n) is 0.857. The van der Waals surface area contributed by atoms with Crippen molar-refractivity contribution in [2.24, 2.45) is 10.1 Å². The van der Waals surface area contributed by atoms with Gasteiger partial charge in [-0.1, -0.05) is 0 Å². The van der Waals surface area contributed by atoms with Crippen molar-refractivity contribution in [2.75, 3.05) is 19.8 Å². The molecule has 1 rings (SSSR count). The van der Waals surface area contributed by atoms with E-state index in [1.54, 1.807) is 0 Å². The lowest BCUT2D eigenvalue weighted by Crippen LogP contribution is -2.18. The van der Waals surface area contributed by atoms with Crippen LogP contribution in [0.1, 0.15) is 0 Å². The van der Waals surface area contributed by atoms with Crippen molar-refractivity contribution in [3.8, 4) is 0 Å². The summed E-state index contributed by atoms with van der Waals surface area (Å²) in [4.78, 5) is 8.28. The third-order valence-corrected chi connectivity index (χ3v) is 0.857. The quantitative estimate of drug-likeness (QED) is 0.493. The van der Waals surface area contributed by atoms with E-state index in [-0.39, 0.29) is 0 Å². The van der Waals surface area contributed by atoms with Crippen molar-refractivity contribution in [3.63, 3.8) is 0 Å². The molecule has 1 aliphatic heterocycles. The lowest BCUT2D eigenvalue weighted by Gasteiger charge is -2.10. The highest BCUT2D eigenvalue weighted by Gasteiger charge is 2.03. The van der Waals surface area contributed by atoms with Crippen LogP contribution >= 0.6 is 0 Å². The number of rotatable bonds is 2. The molecule has 0 fully saturated rings. The van der Waals surface area contributed by atoms with Crippen molar-refractivity contribution < 1.29 is 9.57 Å². The van der Waals surface area contributed by atoms with E-state index in [0.717, 1.165) is 0 Å². The normalized spacial score (nSPS) is 17.1. The molecule has 0 atom stereocenters. The SMILES string of the molecule is C=NCC1=NOCCO1. The average Bonchev–Trinajstić information content (AvgIpc) is 1.91. The summed E-state index contributed by atoms with van der Waals surface area (Å²) in [5.74, 6) is 0.510. The van der Waals surface area contributed by atoms with E-state index < -0.39 is 0 Å². The van der Waals surface area contributed by atoms with Crippen molar-refractivity contribution in [3.05, 3.63) is 0 Å². The lowest BCUT2D eigenvalue weighted by atomic mass is 10.6. The summed E-state index contributed by atoms with van der Waals surface area (Å²) in [6, 6.07) is 0. The maximum atomic E-state index is 5.01. The van der Waals surface area contributed by atoms with Crippen LogP contribution in [-0.2, 0) is 9.57 Å². The van der Waals surface area contributed by atoms with Crippen molar-refractivity contribution in [2.45, 2.75) is 0 Å². The molecule has 0 saturated heterocycles. The van der Waals surface area contributed by atoms with Gasteiger partial charge >= 0.3 is 0 Å². The van der Waals surface area contributed by atoms with Crippen LogP contribution in [0.4, 0.5) is 0 Å². The van der Waals surface area contributed by atoms with Gasteiger partial charge in [-0.05, 0) is 11.9 Å². The van der Waals surface area contributed by atoms with Crippen LogP contribution in [0.5, 0.6) is 0 Å². The van der Waals surface area contributed by atoms with Gasteiger partial charge in [-0.3, -0.25) is 4.99 Å². The number of hydrogen-bond acceptors (Lipinski definition) is 4.